The molecule has 0 N–H and O–H groups in total. The molecule has 3 unspecified atom stereocenters. The van der Waals surface area contributed by atoms with E-state index in [0.717, 1.165) is 11.8 Å². The zero-order valence-electron chi connectivity index (χ0n) is 9.09. The molecule has 0 bridgehead atoms. The van der Waals surface area contributed by atoms with Gasteiger partial charge < -0.3 is 4.74 Å². The SMILES string of the molecule is CC1CC(C(Br)C(C)C)CC(C)O1. The van der Waals surface area contributed by atoms with Gasteiger partial charge in [-0.2, -0.15) is 0 Å². The first-order chi connectivity index (χ1) is 6.00. The third-order valence-electron chi connectivity index (χ3n) is 2.82. The Kier molecular flexibility index (Phi) is 4.24. The van der Waals surface area contributed by atoms with Gasteiger partial charge in [-0.15, -0.1) is 0 Å². The van der Waals surface area contributed by atoms with Gasteiger partial charge in [0.2, 0.25) is 0 Å². The van der Waals surface area contributed by atoms with Crippen molar-refractivity contribution in [1.82, 2.24) is 0 Å². The van der Waals surface area contributed by atoms with Crippen molar-refractivity contribution < 1.29 is 4.74 Å². The van der Waals surface area contributed by atoms with Crippen LogP contribution in [0.25, 0.3) is 0 Å². The molecule has 0 saturated carbocycles. The second kappa shape index (κ2) is 4.79. The van der Waals surface area contributed by atoms with Crippen LogP contribution in [0.3, 0.4) is 0 Å². The molecule has 0 amide bonds. The van der Waals surface area contributed by atoms with Crippen LogP contribution in [0, 0.1) is 11.8 Å². The lowest BCUT2D eigenvalue weighted by Crippen LogP contribution is -2.35. The Labute approximate surface area is 90.4 Å². The highest BCUT2D eigenvalue weighted by Gasteiger charge is 2.30. The van der Waals surface area contributed by atoms with E-state index in [1.807, 2.05) is 0 Å². The van der Waals surface area contributed by atoms with Crippen LogP contribution in [-0.2, 0) is 4.74 Å². The standard InChI is InChI=1S/C11H21BrO/c1-7(2)11(12)10-5-8(3)13-9(4)6-10/h7-11H,5-6H2,1-4H3. The molecule has 1 fully saturated rings. The first-order valence-corrected chi connectivity index (χ1v) is 6.21. The van der Waals surface area contributed by atoms with Gasteiger partial charge in [0, 0.05) is 4.83 Å². The Hall–Kier alpha value is 0.440. The molecule has 3 atom stereocenters. The fourth-order valence-corrected chi connectivity index (χ4v) is 2.69. The van der Waals surface area contributed by atoms with Gasteiger partial charge in [-0.1, -0.05) is 29.8 Å². The lowest BCUT2D eigenvalue weighted by Gasteiger charge is -2.36. The van der Waals surface area contributed by atoms with Crippen molar-refractivity contribution in [2.45, 2.75) is 57.6 Å². The Balaban J connectivity index is 2.49. The van der Waals surface area contributed by atoms with Crippen molar-refractivity contribution in [2.75, 3.05) is 0 Å². The largest absolute Gasteiger partial charge is 0.376 e. The highest BCUT2D eigenvalue weighted by Crippen LogP contribution is 2.33. The highest BCUT2D eigenvalue weighted by atomic mass is 79.9. The maximum atomic E-state index is 5.73. The third-order valence-corrected chi connectivity index (χ3v) is 4.63. The molecule has 13 heavy (non-hydrogen) atoms. The summed E-state index contributed by atoms with van der Waals surface area (Å²) in [4.78, 5) is 0.654. The number of hydrogen-bond acceptors (Lipinski definition) is 1. The molecule has 1 rings (SSSR count). The molecule has 1 saturated heterocycles. The summed E-state index contributed by atoms with van der Waals surface area (Å²) >= 11 is 3.80. The van der Waals surface area contributed by atoms with Crippen LogP contribution in [0.15, 0.2) is 0 Å². The maximum absolute atomic E-state index is 5.73. The smallest absolute Gasteiger partial charge is 0.0553 e. The van der Waals surface area contributed by atoms with Crippen LogP contribution >= 0.6 is 15.9 Å². The summed E-state index contributed by atoms with van der Waals surface area (Å²) in [6.07, 6.45) is 3.29. The van der Waals surface area contributed by atoms with E-state index < -0.39 is 0 Å². The fourth-order valence-electron chi connectivity index (χ4n) is 2.26. The van der Waals surface area contributed by atoms with Gasteiger partial charge in [0.1, 0.15) is 0 Å². The molecule has 0 spiro atoms. The van der Waals surface area contributed by atoms with Gasteiger partial charge in [0.25, 0.3) is 0 Å². The molecule has 1 aliphatic heterocycles. The lowest BCUT2D eigenvalue weighted by atomic mass is 9.86. The van der Waals surface area contributed by atoms with E-state index in [0.29, 0.717) is 17.0 Å². The molecule has 0 aromatic heterocycles. The van der Waals surface area contributed by atoms with Gasteiger partial charge in [0.15, 0.2) is 0 Å². The van der Waals surface area contributed by atoms with E-state index >= 15 is 0 Å². The van der Waals surface area contributed by atoms with E-state index in [4.69, 9.17) is 4.74 Å². The number of ether oxygens (including phenoxy) is 1. The Morgan fingerprint density at radius 1 is 1.15 bits per heavy atom. The minimum absolute atomic E-state index is 0.438. The van der Waals surface area contributed by atoms with Crippen molar-refractivity contribution >= 4 is 15.9 Å². The minimum Gasteiger partial charge on any atom is -0.376 e. The van der Waals surface area contributed by atoms with Gasteiger partial charge in [-0.25, -0.2) is 0 Å². The van der Waals surface area contributed by atoms with E-state index in [1.54, 1.807) is 0 Å². The average molecular weight is 249 g/mol. The highest BCUT2D eigenvalue weighted by molar-refractivity contribution is 9.09. The molecule has 2 heteroatoms. The van der Waals surface area contributed by atoms with E-state index in [2.05, 4.69) is 43.6 Å². The van der Waals surface area contributed by atoms with E-state index in [1.165, 1.54) is 12.8 Å². The molecular weight excluding hydrogens is 228 g/mol. The first kappa shape index (κ1) is 11.5. The molecule has 0 radical (unpaired) electrons. The normalized spacial score (nSPS) is 37.8. The van der Waals surface area contributed by atoms with Crippen molar-refractivity contribution in [3.63, 3.8) is 0 Å². The summed E-state index contributed by atoms with van der Waals surface area (Å²) < 4.78 is 5.73. The molecule has 0 aliphatic carbocycles. The lowest BCUT2D eigenvalue weighted by molar-refractivity contribution is -0.0535. The van der Waals surface area contributed by atoms with Gasteiger partial charge in [-0.3, -0.25) is 0 Å². The first-order valence-electron chi connectivity index (χ1n) is 5.30. The average Bonchev–Trinajstić information content (AvgIpc) is 2.01. The monoisotopic (exact) mass is 248 g/mol. The van der Waals surface area contributed by atoms with Crippen molar-refractivity contribution in [3.05, 3.63) is 0 Å². The number of alkyl halides is 1. The van der Waals surface area contributed by atoms with Crippen LogP contribution in [0.1, 0.15) is 40.5 Å². The number of halogens is 1. The van der Waals surface area contributed by atoms with E-state index in [-0.39, 0.29) is 0 Å². The minimum atomic E-state index is 0.438. The second-order valence-corrected chi connectivity index (χ2v) is 5.73. The summed E-state index contributed by atoms with van der Waals surface area (Å²) in [6, 6.07) is 0. The van der Waals surface area contributed by atoms with Crippen LogP contribution in [0.5, 0.6) is 0 Å². The van der Waals surface area contributed by atoms with Crippen LogP contribution in [-0.4, -0.2) is 17.0 Å². The summed E-state index contributed by atoms with van der Waals surface area (Å²) in [7, 11) is 0. The Morgan fingerprint density at radius 3 is 2.00 bits per heavy atom. The zero-order chi connectivity index (χ0) is 10.0. The molecule has 0 aromatic rings. The van der Waals surface area contributed by atoms with Crippen molar-refractivity contribution in [1.29, 1.82) is 0 Å². The van der Waals surface area contributed by atoms with Gasteiger partial charge >= 0.3 is 0 Å². The van der Waals surface area contributed by atoms with Gasteiger partial charge in [-0.05, 0) is 38.5 Å². The number of rotatable bonds is 2. The van der Waals surface area contributed by atoms with Crippen LogP contribution in [0.2, 0.25) is 0 Å². The predicted octanol–water partition coefficient (Wildman–Crippen LogP) is 3.61. The second-order valence-electron chi connectivity index (χ2n) is 4.68. The van der Waals surface area contributed by atoms with E-state index in [9.17, 15) is 0 Å². The van der Waals surface area contributed by atoms with Crippen molar-refractivity contribution in [3.8, 4) is 0 Å². The van der Waals surface area contributed by atoms with Gasteiger partial charge in [0.05, 0.1) is 12.2 Å². The molecule has 1 aliphatic rings. The quantitative estimate of drug-likeness (QED) is 0.679. The maximum Gasteiger partial charge on any atom is 0.0553 e. The Bertz CT molecular complexity index is 148. The predicted molar refractivity (Wildman–Crippen MR) is 60.3 cm³/mol. The zero-order valence-corrected chi connectivity index (χ0v) is 10.7. The fraction of sp³-hybridized carbons (Fsp3) is 1.00. The summed E-state index contributed by atoms with van der Waals surface area (Å²) in [5.74, 6) is 1.52. The molecule has 1 heterocycles. The van der Waals surface area contributed by atoms with Crippen LogP contribution < -0.4 is 0 Å². The molecule has 78 valence electrons. The summed E-state index contributed by atoms with van der Waals surface area (Å²) in [5, 5.41) is 0. The number of hydrogen-bond donors (Lipinski definition) is 0. The summed E-state index contributed by atoms with van der Waals surface area (Å²) in [6.45, 7) is 8.93. The Morgan fingerprint density at radius 2 is 1.62 bits per heavy atom. The summed E-state index contributed by atoms with van der Waals surface area (Å²) in [5.41, 5.74) is 0. The van der Waals surface area contributed by atoms with Crippen molar-refractivity contribution in [2.24, 2.45) is 11.8 Å². The third kappa shape index (κ3) is 3.25. The molecular formula is C11H21BrO. The molecule has 1 nitrogen and oxygen atoms in total. The molecule has 0 aromatic carbocycles. The van der Waals surface area contributed by atoms with Crippen LogP contribution in [0.4, 0.5) is 0 Å². The topological polar surface area (TPSA) is 9.23 Å².